The van der Waals surface area contributed by atoms with Crippen LogP contribution < -0.4 is 5.32 Å². The number of benzene rings is 2. The molecule has 5 aromatic rings. The second-order valence-corrected chi connectivity index (χ2v) is 6.05. The van der Waals surface area contributed by atoms with E-state index in [2.05, 4.69) is 21.4 Å². The second-order valence-electron chi connectivity index (χ2n) is 6.05. The van der Waals surface area contributed by atoms with Crippen LogP contribution >= 0.6 is 0 Å². The summed E-state index contributed by atoms with van der Waals surface area (Å²) in [6.45, 7) is 0. The van der Waals surface area contributed by atoms with Crippen LogP contribution in [0.1, 0.15) is 0 Å². The van der Waals surface area contributed by atoms with Gasteiger partial charge in [0.05, 0.1) is 5.69 Å². The van der Waals surface area contributed by atoms with E-state index in [1.165, 1.54) is 0 Å². The molecule has 0 saturated heterocycles. The summed E-state index contributed by atoms with van der Waals surface area (Å²) in [6.07, 6.45) is 7.36. The number of nitrogens with zero attached hydrogens (tertiary/aromatic N) is 3. The highest BCUT2D eigenvalue weighted by Crippen LogP contribution is 2.30. The first-order valence-electron chi connectivity index (χ1n) is 8.24. The molecule has 0 aliphatic carbocycles. The Morgan fingerprint density at radius 1 is 1.08 bits per heavy atom. The first kappa shape index (κ1) is 14.5. The Labute approximate surface area is 148 Å². The van der Waals surface area contributed by atoms with Crippen LogP contribution in [-0.4, -0.2) is 24.5 Å². The highest BCUT2D eigenvalue weighted by Gasteiger charge is 2.12. The van der Waals surface area contributed by atoms with Crippen molar-refractivity contribution in [3.63, 3.8) is 0 Å². The van der Waals surface area contributed by atoms with Crippen LogP contribution in [0.2, 0.25) is 0 Å². The highest BCUT2D eigenvalue weighted by molar-refractivity contribution is 5.85. The average Bonchev–Trinajstić information content (AvgIpc) is 3.30. The Balaban J connectivity index is 1.64. The van der Waals surface area contributed by atoms with E-state index in [0.717, 1.165) is 22.2 Å². The van der Waals surface area contributed by atoms with Crippen molar-refractivity contribution in [1.82, 2.24) is 19.4 Å². The molecule has 3 N–H and O–H groups in total. The number of para-hydroxylation sites is 1. The molecule has 0 amide bonds. The van der Waals surface area contributed by atoms with Crippen molar-refractivity contribution in [2.45, 2.75) is 0 Å². The van der Waals surface area contributed by atoms with Crippen LogP contribution in [-0.2, 0) is 0 Å². The molecule has 6 heteroatoms. The summed E-state index contributed by atoms with van der Waals surface area (Å²) < 4.78 is 1.89. The number of aromatic nitrogens is 4. The van der Waals surface area contributed by atoms with Crippen molar-refractivity contribution in [2.24, 2.45) is 0 Å². The van der Waals surface area contributed by atoms with Crippen LogP contribution in [0.15, 0.2) is 73.3 Å². The zero-order chi connectivity index (χ0) is 17.5. The summed E-state index contributed by atoms with van der Waals surface area (Å²) in [7, 11) is 0. The van der Waals surface area contributed by atoms with E-state index in [4.69, 9.17) is 4.98 Å². The van der Waals surface area contributed by atoms with Crippen molar-refractivity contribution in [1.29, 1.82) is 0 Å². The lowest BCUT2D eigenvalue weighted by atomic mass is 10.1. The third-order valence-electron chi connectivity index (χ3n) is 4.37. The van der Waals surface area contributed by atoms with Crippen LogP contribution in [0.4, 0.5) is 11.5 Å². The van der Waals surface area contributed by atoms with Gasteiger partial charge in [-0.05, 0) is 36.4 Å². The van der Waals surface area contributed by atoms with E-state index in [1.807, 2.05) is 53.3 Å². The van der Waals surface area contributed by atoms with Gasteiger partial charge in [-0.25, -0.2) is 9.97 Å². The van der Waals surface area contributed by atoms with Crippen molar-refractivity contribution in [3.05, 3.63) is 73.3 Å². The molecule has 0 radical (unpaired) electrons. The van der Waals surface area contributed by atoms with E-state index in [0.29, 0.717) is 17.1 Å². The quantitative estimate of drug-likeness (QED) is 0.456. The SMILES string of the molecule is Oc1ccccc1-c1cn2ccnc2c(Nc2ccc3[nH]ccc3c2)n1. The number of phenols is 1. The van der Waals surface area contributed by atoms with Gasteiger partial charge < -0.3 is 19.8 Å². The van der Waals surface area contributed by atoms with Crippen LogP contribution in [0.5, 0.6) is 5.75 Å². The normalized spacial score (nSPS) is 11.2. The van der Waals surface area contributed by atoms with Gasteiger partial charge in [-0.2, -0.15) is 0 Å². The molecule has 0 bridgehead atoms. The van der Waals surface area contributed by atoms with E-state index in [9.17, 15) is 5.11 Å². The summed E-state index contributed by atoms with van der Waals surface area (Å²) in [5.74, 6) is 0.824. The first-order valence-corrected chi connectivity index (χ1v) is 8.24. The minimum Gasteiger partial charge on any atom is -0.507 e. The first-order chi connectivity index (χ1) is 12.8. The molecular formula is C20H15N5O. The predicted molar refractivity (Wildman–Crippen MR) is 102 cm³/mol. The fourth-order valence-corrected chi connectivity index (χ4v) is 3.10. The maximum absolute atomic E-state index is 10.2. The largest absolute Gasteiger partial charge is 0.507 e. The maximum Gasteiger partial charge on any atom is 0.180 e. The van der Waals surface area contributed by atoms with Crippen molar-refractivity contribution >= 4 is 28.1 Å². The minimum atomic E-state index is 0.194. The Bertz CT molecular complexity index is 1240. The topological polar surface area (TPSA) is 78.2 Å². The standard InChI is InChI=1S/C20H15N5O/c26-18-4-2-1-3-15(18)17-12-25-10-9-22-20(25)19(24-17)23-14-5-6-16-13(11-14)7-8-21-16/h1-12,21,26H,(H,23,24). The summed E-state index contributed by atoms with van der Waals surface area (Å²) in [5.41, 5.74) is 4.06. The number of imidazole rings is 1. The second kappa shape index (κ2) is 5.63. The lowest BCUT2D eigenvalue weighted by Gasteiger charge is -2.11. The van der Waals surface area contributed by atoms with E-state index < -0.39 is 0 Å². The Morgan fingerprint density at radius 3 is 2.92 bits per heavy atom. The molecule has 5 rings (SSSR count). The average molecular weight is 341 g/mol. The summed E-state index contributed by atoms with van der Waals surface area (Å²) >= 11 is 0. The van der Waals surface area contributed by atoms with E-state index in [-0.39, 0.29) is 5.75 Å². The number of nitrogens with one attached hydrogen (secondary N) is 2. The third-order valence-corrected chi connectivity index (χ3v) is 4.37. The fourth-order valence-electron chi connectivity index (χ4n) is 3.10. The van der Waals surface area contributed by atoms with Gasteiger partial charge in [0.1, 0.15) is 5.75 Å². The van der Waals surface area contributed by atoms with E-state index in [1.54, 1.807) is 18.3 Å². The number of aromatic amines is 1. The number of hydrogen-bond acceptors (Lipinski definition) is 4. The summed E-state index contributed by atoms with van der Waals surface area (Å²) in [4.78, 5) is 12.3. The molecule has 3 aromatic heterocycles. The molecule has 0 aliphatic heterocycles. The number of aromatic hydroxyl groups is 1. The van der Waals surface area contributed by atoms with Gasteiger partial charge in [0, 0.05) is 46.9 Å². The molecule has 26 heavy (non-hydrogen) atoms. The minimum absolute atomic E-state index is 0.194. The lowest BCUT2D eigenvalue weighted by molar-refractivity contribution is 0.477. The number of anilines is 2. The van der Waals surface area contributed by atoms with Crippen LogP contribution in [0, 0.1) is 0 Å². The van der Waals surface area contributed by atoms with Gasteiger partial charge in [-0.1, -0.05) is 12.1 Å². The maximum atomic E-state index is 10.2. The Hall–Kier alpha value is -3.80. The van der Waals surface area contributed by atoms with Crippen LogP contribution in [0.3, 0.4) is 0 Å². The van der Waals surface area contributed by atoms with Gasteiger partial charge in [0.2, 0.25) is 0 Å². The smallest absolute Gasteiger partial charge is 0.180 e. The van der Waals surface area contributed by atoms with Gasteiger partial charge in [0.25, 0.3) is 0 Å². The predicted octanol–water partition coefficient (Wildman–Crippen LogP) is 4.33. The molecular weight excluding hydrogens is 326 g/mol. The van der Waals surface area contributed by atoms with Gasteiger partial charge in [-0.3, -0.25) is 0 Å². The highest BCUT2D eigenvalue weighted by atomic mass is 16.3. The van der Waals surface area contributed by atoms with Crippen molar-refractivity contribution in [3.8, 4) is 17.0 Å². The molecule has 0 aliphatic rings. The van der Waals surface area contributed by atoms with Gasteiger partial charge >= 0.3 is 0 Å². The zero-order valence-corrected chi connectivity index (χ0v) is 13.7. The number of hydrogen-bond donors (Lipinski definition) is 3. The van der Waals surface area contributed by atoms with Gasteiger partial charge in [0.15, 0.2) is 11.5 Å². The molecule has 3 heterocycles. The Morgan fingerprint density at radius 2 is 2.00 bits per heavy atom. The van der Waals surface area contributed by atoms with Crippen molar-refractivity contribution < 1.29 is 5.11 Å². The fraction of sp³-hybridized carbons (Fsp3) is 0. The zero-order valence-electron chi connectivity index (χ0n) is 13.7. The molecule has 0 spiro atoms. The molecule has 0 unspecified atom stereocenters. The molecule has 0 fully saturated rings. The molecule has 126 valence electrons. The third kappa shape index (κ3) is 2.36. The summed E-state index contributed by atoms with van der Waals surface area (Å²) in [6, 6.07) is 15.3. The van der Waals surface area contributed by atoms with Crippen molar-refractivity contribution in [2.75, 3.05) is 5.32 Å². The van der Waals surface area contributed by atoms with Gasteiger partial charge in [-0.15, -0.1) is 0 Å². The molecule has 0 atom stereocenters. The van der Waals surface area contributed by atoms with E-state index >= 15 is 0 Å². The molecule has 6 nitrogen and oxygen atoms in total. The number of rotatable bonds is 3. The molecule has 2 aromatic carbocycles. The number of phenolic OH excluding ortho intramolecular Hbond substituents is 1. The van der Waals surface area contributed by atoms with Crippen LogP contribution in [0.25, 0.3) is 27.8 Å². The number of H-pyrrole nitrogens is 1. The monoisotopic (exact) mass is 341 g/mol. The Kier molecular flexibility index (Phi) is 3.15. The summed E-state index contributed by atoms with van der Waals surface area (Å²) in [5, 5.41) is 14.6. The molecule has 0 saturated carbocycles. The number of fused-ring (bicyclic) bond motifs is 2. The lowest BCUT2D eigenvalue weighted by Crippen LogP contribution is -2.00.